The number of rotatable bonds is 3. The van der Waals surface area contributed by atoms with Crippen molar-refractivity contribution in [3.05, 3.63) is 30.4 Å². The van der Waals surface area contributed by atoms with Gasteiger partial charge in [0.15, 0.2) is 10.2 Å². The Morgan fingerprint density at radius 2 is 2.38 bits per heavy atom. The van der Waals surface area contributed by atoms with Gasteiger partial charge in [-0.3, -0.25) is 4.98 Å². The monoisotopic (exact) mass is 253 g/mol. The smallest absolute Gasteiger partial charge is 0.188 e. The first-order valence-corrected chi connectivity index (χ1v) is 5.77. The minimum atomic E-state index is -0.0142. The maximum Gasteiger partial charge on any atom is 0.188 e. The second-order valence-corrected chi connectivity index (χ2v) is 4.77. The second kappa shape index (κ2) is 4.90. The highest BCUT2D eigenvalue weighted by Gasteiger charge is 2.05. The summed E-state index contributed by atoms with van der Waals surface area (Å²) in [6, 6.07) is 3.54. The molecule has 0 unspecified atom stereocenters. The van der Waals surface area contributed by atoms with Crippen LogP contribution in [0.25, 0.3) is 0 Å². The van der Waals surface area contributed by atoms with Gasteiger partial charge in [-0.1, -0.05) is 16.9 Å². The minimum absolute atomic E-state index is 0.0142. The van der Waals surface area contributed by atoms with Gasteiger partial charge in [0.1, 0.15) is 12.0 Å². The lowest BCUT2D eigenvalue weighted by molar-refractivity contribution is 0.318. The number of nitrogens with zero attached hydrogens (tertiary/aromatic N) is 4. The summed E-state index contributed by atoms with van der Waals surface area (Å²) in [4.78, 5) is 8.93. The van der Waals surface area contributed by atoms with Crippen molar-refractivity contribution < 1.29 is 5.21 Å². The van der Waals surface area contributed by atoms with Crippen LogP contribution in [0, 0.1) is 0 Å². The van der Waals surface area contributed by atoms with E-state index in [4.69, 9.17) is 10.9 Å². The van der Waals surface area contributed by atoms with E-state index < -0.39 is 0 Å². The van der Waals surface area contributed by atoms with E-state index in [0.717, 1.165) is 9.24 Å². The third kappa shape index (κ3) is 2.47. The molecule has 0 aliphatic heterocycles. The fourth-order valence-corrected chi connectivity index (χ4v) is 2.42. The molecule has 0 saturated carbocycles. The molecule has 0 aromatic carbocycles. The van der Waals surface area contributed by atoms with E-state index in [9.17, 15) is 0 Å². The highest BCUT2D eigenvalue weighted by Crippen LogP contribution is 2.27. The molecule has 2 aromatic rings. The summed E-state index contributed by atoms with van der Waals surface area (Å²) in [6.45, 7) is 0. The second-order valence-electron chi connectivity index (χ2n) is 2.67. The van der Waals surface area contributed by atoms with Gasteiger partial charge >= 0.3 is 0 Å². The van der Waals surface area contributed by atoms with Crippen LogP contribution in [-0.2, 0) is 0 Å². The maximum atomic E-state index is 8.53. The van der Waals surface area contributed by atoms with Crippen LogP contribution in [-0.4, -0.2) is 25.4 Å². The molecule has 2 aromatic heterocycles. The fourth-order valence-electron chi connectivity index (χ4n) is 0.975. The zero-order valence-electron chi connectivity index (χ0n) is 7.94. The maximum absolute atomic E-state index is 8.53. The van der Waals surface area contributed by atoms with Gasteiger partial charge in [0.05, 0.1) is 0 Å². The fraction of sp³-hybridized carbons (Fsp3) is 0. The van der Waals surface area contributed by atoms with E-state index in [-0.39, 0.29) is 5.84 Å². The molecule has 0 saturated heterocycles. The first-order valence-electron chi connectivity index (χ1n) is 4.18. The van der Waals surface area contributed by atoms with Crippen molar-refractivity contribution in [3.63, 3.8) is 0 Å². The molecule has 0 radical (unpaired) electrons. The molecule has 82 valence electrons. The van der Waals surface area contributed by atoms with Crippen molar-refractivity contribution in [2.45, 2.75) is 9.24 Å². The number of pyridine rings is 1. The van der Waals surface area contributed by atoms with E-state index in [2.05, 4.69) is 19.5 Å². The van der Waals surface area contributed by atoms with Crippen molar-refractivity contribution in [1.82, 2.24) is 14.3 Å². The summed E-state index contributed by atoms with van der Waals surface area (Å²) in [5, 5.41) is 11.4. The Balaban J connectivity index is 2.23. The molecular weight excluding hydrogens is 246 g/mol. The van der Waals surface area contributed by atoms with Crippen molar-refractivity contribution in [1.29, 1.82) is 0 Å². The average Bonchev–Trinajstić information content (AvgIpc) is 2.81. The molecule has 0 aliphatic rings. The molecule has 16 heavy (non-hydrogen) atoms. The quantitative estimate of drug-likeness (QED) is 0.369. The van der Waals surface area contributed by atoms with Gasteiger partial charge in [0.2, 0.25) is 0 Å². The Morgan fingerprint density at radius 3 is 3.06 bits per heavy atom. The summed E-state index contributed by atoms with van der Waals surface area (Å²) >= 11 is 2.76. The summed E-state index contributed by atoms with van der Waals surface area (Å²) in [5.74, 6) is -0.0142. The molecular formula is C8H7N5OS2. The Bertz CT molecular complexity index is 499. The lowest BCUT2D eigenvalue weighted by Crippen LogP contribution is -2.14. The molecule has 0 bridgehead atoms. The standard InChI is InChI=1S/C8H7N5OS2/c9-7(13-14)6-3-5(1-2-10-6)15-8-11-4-12-16-8/h1-4,14H,(H2,9,13). The average molecular weight is 253 g/mol. The number of hydrogen-bond acceptors (Lipinski definition) is 7. The third-order valence-corrected chi connectivity index (χ3v) is 3.35. The Morgan fingerprint density at radius 1 is 1.50 bits per heavy atom. The Labute approximate surface area is 99.4 Å². The molecule has 8 heteroatoms. The van der Waals surface area contributed by atoms with Gasteiger partial charge in [0.25, 0.3) is 0 Å². The highest BCUT2D eigenvalue weighted by molar-refractivity contribution is 8.01. The molecule has 2 rings (SSSR count). The summed E-state index contributed by atoms with van der Waals surface area (Å²) in [6.07, 6.45) is 3.09. The van der Waals surface area contributed by atoms with Gasteiger partial charge in [-0.2, -0.15) is 4.37 Å². The minimum Gasteiger partial charge on any atom is -0.409 e. The lowest BCUT2D eigenvalue weighted by Gasteiger charge is -2.00. The highest BCUT2D eigenvalue weighted by atomic mass is 32.2. The number of amidine groups is 1. The number of hydrogen-bond donors (Lipinski definition) is 2. The van der Waals surface area contributed by atoms with Crippen LogP contribution in [0.2, 0.25) is 0 Å². The van der Waals surface area contributed by atoms with Crippen molar-refractivity contribution in [3.8, 4) is 0 Å². The molecule has 2 heterocycles. The van der Waals surface area contributed by atoms with Gasteiger partial charge < -0.3 is 10.9 Å². The largest absolute Gasteiger partial charge is 0.409 e. The molecule has 0 atom stereocenters. The summed E-state index contributed by atoms with van der Waals surface area (Å²) in [5.41, 5.74) is 5.87. The first-order chi connectivity index (χ1) is 7.79. The Kier molecular flexibility index (Phi) is 3.32. The molecule has 3 N–H and O–H groups in total. The van der Waals surface area contributed by atoms with Crippen LogP contribution in [0.1, 0.15) is 5.69 Å². The van der Waals surface area contributed by atoms with Gasteiger partial charge in [-0.25, -0.2) is 4.98 Å². The Hall–Kier alpha value is -1.67. The number of aromatic nitrogens is 3. The van der Waals surface area contributed by atoms with E-state index in [1.54, 1.807) is 12.3 Å². The van der Waals surface area contributed by atoms with Crippen LogP contribution in [0.3, 0.4) is 0 Å². The van der Waals surface area contributed by atoms with Crippen LogP contribution < -0.4 is 5.73 Å². The molecule has 0 amide bonds. The molecule has 0 fully saturated rings. The number of oxime groups is 1. The third-order valence-electron chi connectivity index (χ3n) is 1.65. The zero-order valence-corrected chi connectivity index (χ0v) is 9.57. The van der Waals surface area contributed by atoms with E-state index in [1.807, 2.05) is 6.07 Å². The topological polar surface area (TPSA) is 97.3 Å². The van der Waals surface area contributed by atoms with Crippen LogP contribution in [0.5, 0.6) is 0 Å². The van der Waals surface area contributed by atoms with E-state index in [0.29, 0.717) is 5.69 Å². The molecule has 6 nitrogen and oxygen atoms in total. The van der Waals surface area contributed by atoms with Crippen molar-refractivity contribution in [2.24, 2.45) is 10.9 Å². The predicted octanol–water partition coefficient (Wildman–Crippen LogP) is 1.18. The van der Waals surface area contributed by atoms with Gasteiger partial charge in [-0.05, 0) is 23.7 Å². The van der Waals surface area contributed by atoms with E-state index in [1.165, 1.54) is 29.6 Å². The summed E-state index contributed by atoms with van der Waals surface area (Å²) in [7, 11) is 0. The van der Waals surface area contributed by atoms with Crippen molar-refractivity contribution in [2.75, 3.05) is 0 Å². The first kappa shape index (κ1) is 10.8. The molecule has 0 aliphatic carbocycles. The SMILES string of the molecule is NC(=NO)c1cc(Sc2ncns2)ccn1. The van der Waals surface area contributed by atoms with Crippen LogP contribution in [0.4, 0.5) is 0 Å². The van der Waals surface area contributed by atoms with Crippen molar-refractivity contribution >= 4 is 29.1 Å². The molecule has 0 spiro atoms. The van der Waals surface area contributed by atoms with Gasteiger partial charge in [-0.15, -0.1) is 0 Å². The lowest BCUT2D eigenvalue weighted by atomic mass is 10.3. The van der Waals surface area contributed by atoms with Crippen LogP contribution in [0.15, 0.2) is 39.0 Å². The normalized spacial score (nSPS) is 11.6. The number of nitrogens with two attached hydrogens (primary N) is 1. The van der Waals surface area contributed by atoms with Crippen LogP contribution >= 0.6 is 23.3 Å². The summed E-state index contributed by atoms with van der Waals surface area (Å²) < 4.78 is 4.73. The van der Waals surface area contributed by atoms with Gasteiger partial charge in [0, 0.05) is 11.1 Å². The van der Waals surface area contributed by atoms with E-state index >= 15 is 0 Å². The zero-order chi connectivity index (χ0) is 11.4. The predicted molar refractivity (Wildman–Crippen MR) is 60.8 cm³/mol.